The lowest BCUT2D eigenvalue weighted by molar-refractivity contribution is 1.12. The molecule has 1 rings (SSSR count). The van der Waals surface area contributed by atoms with Gasteiger partial charge in [-0.2, -0.15) is 5.11 Å². The van der Waals surface area contributed by atoms with Gasteiger partial charge in [0, 0.05) is 0 Å². The van der Waals surface area contributed by atoms with Crippen molar-refractivity contribution in [2.45, 2.75) is 41.0 Å². The first kappa shape index (κ1) is 15.3. The molecule has 1 aromatic rings. The summed E-state index contributed by atoms with van der Waals surface area (Å²) in [6.45, 7) is 10.1. The maximum atomic E-state index is 6.70. The summed E-state index contributed by atoms with van der Waals surface area (Å²) < 4.78 is 0. The van der Waals surface area contributed by atoms with E-state index in [1.165, 1.54) is 5.56 Å². The van der Waals surface area contributed by atoms with Crippen LogP contribution >= 0.6 is 0 Å². The molecule has 0 fully saturated rings. The smallest absolute Gasteiger partial charge is 0.0850 e. The molecular weight excluding hydrogens is 172 g/mol. The van der Waals surface area contributed by atoms with Gasteiger partial charge in [-0.1, -0.05) is 46.8 Å². The van der Waals surface area contributed by atoms with Crippen LogP contribution < -0.4 is 0 Å². The van der Waals surface area contributed by atoms with Crippen LogP contribution in [0.5, 0.6) is 0 Å². The highest BCUT2D eigenvalue weighted by molar-refractivity contribution is 5.37. The van der Waals surface area contributed by atoms with Crippen molar-refractivity contribution >= 4 is 5.69 Å². The van der Waals surface area contributed by atoms with Crippen LogP contribution in [-0.4, -0.2) is 0 Å². The maximum Gasteiger partial charge on any atom is 0.0850 e. The summed E-state index contributed by atoms with van der Waals surface area (Å²) in [5.74, 6) is 0. The van der Waals surface area contributed by atoms with Crippen LogP contribution in [0.2, 0.25) is 0 Å². The lowest BCUT2D eigenvalue weighted by Crippen LogP contribution is -1.75. The van der Waals surface area contributed by atoms with Crippen molar-refractivity contribution in [3.63, 3.8) is 0 Å². The average molecular weight is 194 g/mol. The average Bonchev–Trinajstić information content (AvgIpc) is 2.34. The van der Waals surface area contributed by atoms with Gasteiger partial charge < -0.3 is 0 Å². The second kappa shape index (κ2) is 11.8. The standard InChI is InChI=1S/C8H10N2.2C2H6/c1-2-7-3-5-8(10-9)6-4-7;2*1-2/h3-6,9H,2H2,1H3;2*1-2H3. The van der Waals surface area contributed by atoms with Gasteiger partial charge in [0.1, 0.15) is 0 Å². The van der Waals surface area contributed by atoms with Crippen LogP contribution in [0.1, 0.15) is 40.2 Å². The van der Waals surface area contributed by atoms with E-state index in [1.807, 2.05) is 52.0 Å². The van der Waals surface area contributed by atoms with Crippen LogP contribution in [0.25, 0.3) is 0 Å². The van der Waals surface area contributed by atoms with E-state index in [9.17, 15) is 0 Å². The highest BCUT2D eigenvalue weighted by atomic mass is 14.9. The second-order valence-corrected chi connectivity index (χ2v) is 2.13. The summed E-state index contributed by atoms with van der Waals surface area (Å²) in [5, 5.41) is 3.30. The Labute approximate surface area is 87.9 Å². The van der Waals surface area contributed by atoms with Crippen molar-refractivity contribution in [2.24, 2.45) is 5.11 Å². The Bertz CT molecular complexity index is 214. The van der Waals surface area contributed by atoms with Crippen molar-refractivity contribution in [3.8, 4) is 0 Å². The largest absolute Gasteiger partial charge is 0.204 e. The lowest BCUT2D eigenvalue weighted by Gasteiger charge is -1.94. The van der Waals surface area contributed by atoms with Gasteiger partial charge in [0.2, 0.25) is 0 Å². The van der Waals surface area contributed by atoms with Gasteiger partial charge in [-0.25, -0.2) is 5.53 Å². The normalized spacial score (nSPS) is 7.50. The fourth-order valence-corrected chi connectivity index (χ4v) is 0.806. The van der Waals surface area contributed by atoms with E-state index < -0.39 is 0 Å². The minimum Gasteiger partial charge on any atom is -0.204 e. The van der Waals surface area contributed by atoms with E-state index in [2.05, 4.69) is 12.0 Å². The minimum atomic E-state index is 0.720. The third kappa shape index (κ3) is 6.35. The Morgan fingerprint density at radius 1 is 1.00 bits per heavy atom. The van der Waals surface area contributed by atoms with Crippen LogP contribution in [0.3, 0.4) is 0 Å². The molecule has 0 aliphatic rings. The molecule has 0 heterocycles. The lowest BCUT2D eigenvalue weighted by atomic mass is 10.2. The molecule has 0 atom stereocenters. The molecule has 0 bridgehead atoms. The Hall–Kier alpha value is -1.18. The van der Waals surface area contributed by atoms with E-state index in [0.717, 1.165) is 12.1 Å². The molecule has 2 heteroatoms. The summed E-state index contributed by atoms with van der Waals surface area (Å²) in [5.41, 5.74) is 8.70. The molecule has 0 spiro atoms. The number of hydrogen-bond acceptors (Lipinski definition) is 2. The zero-order valence-electron chi connectivity index (χ0n) is 9.96. The highest BCUT2D eigenvalue weighted by Crippen LogP contribution is 2.11. The SMILES string of the molecule is CC.CC.CCc1ccc(N=N)cc1. The fraction of sp³-hybridized carbons (Fsp3) is 0.500. The van der Waals surface area contributed by atoms with E-state index in [0.29, 0.717) is 0 Å². The third-order valence-corrected chi connectivity index (χ3v) is 1.47. The summed E-state index contributed by atoms with van der Waals surface area (Å²) >= 11 is 0. The van der Waals surface area contributed by atoms with Crippen LogP contribution in [-0.2, 0) is 6.42 Å². The molecule has 0 aliphatic carbocycles. The molecule has 0 saturated heterocycles. The van der Waals surface area contributed by atoms with Gasteiger partial charge in [0.25, 0.3) is 0 Å². The van der Waals surface area contributed by atoms with Crippen molar-refractivity contribution < 1.29 is 0 Å². The molecule has 0 unspecified atom stereocenters. The van der Waals surface area contributed by atoms with E-state index >= 15 is 0 Å². The van der Waals surface area contributed by atoms with E-state index in [4.69, 9.17) is 5.53 Å². The molecule has 0 amide bonds. The minimum absolute atomic E-state index is 0.720. The Morgan fingerprint density at radius 2 is 1.43 bits per heavy atom. The molecule has 0 radical (unpaired) electrons. The maximum absolute atomic E-state index is 6.70. The first-order valence-electron chi connectivity index (χ1n) is 5.33. The van der Waals surface area contributed by atoms with Gasteiger partial charge in [-0.05, 0) is 24.1 Å². The molecule has 0 aromatic heterocycles. The van der Waals surface area contributed by atoms with Gasteiger partial charge in [-0.15, -0.1) is 0 Å². The Kier molecular flexibility index (Phi) is 12.9. The van der Waals surface area contributed by atoms with Gasteiger partial charge in [-0.3, -0.25) is 0 Å². The molecule has 1 N–H and O–H groups in total. The van der Waals surface area contributed by atoms with Crippen LogP contribution in [0.4, 0.5) is 5.69 Å². The molecule has 80 valence electrons. The molecule has 14 heavy (non-hydrogen) atoms. The van der Waals surface area contributed by atoms with Crippen LogP contribution in [0.15, 0.2) is 29.4 Å². The third-order valence-electron chi connectivity index (χ3n) is 1.47. The van der Waals surface area contributed by atoms with Crippen molar-refractivity contribution in [1.82, 2.24) is 0 Å². The number of nitrogens with zero attached hydrogens (tertiary/aromatic N) is 1. The quantitative estimate of drug-likeness (QED) is 0.646. The molecule has 1 aromatic carbocycles. The summed E-state index contributed by atoms with van der Waals surface area (Å²) in [4.78, 5) is 0. The molecule has 0 saturated carbocycles. The van der Waals surface area contributed by atoms with Crippen molar-refractivity contribution in [2.75, 3.05) is 0 Å². The van der Waals surface area contributed by atoms with Gasteiger partial charge >= 0.3 is 0 Å². The monoisotopic (exact) mass is 194 g/mol. The summed E-state index contributed by atoms with van der Waals surface area (Å²) in [7, 11) is 0. The van der Waals surface area contributed by atoms with Crippen LogP contribution in [0, 0.1) is 5.53 Å². The first-order chi connectivity index (χ1) is 6.86. The predicted molar refractivity (Wildman–Crippen MR) is 63.3 cm³/mol. The topological polar surface area (TPSA) is 36.2 Å². The second-order valence-electron chi connectivity index (χ2n) is 2.13. The molecular formula is C12H22N2. The summed E-state index contributed by atoms with van der Waals surface area (Å²) in [6, 6.07) is 7.69. The molecule has 2 nitrogen and oxygen atoms in total. The molecule has 0 aliphatic heterocycles. The predicted octanol–water partition coefficient (Wildman–Crippen LogP) is 4.96. The number of rotatable bonds is 2. The zero-order valence-corrected chi connectivity index (χ0v) is 9.96. The van der Waals surface area contributed by atoms with Gasteiger partial charge in [0.15, 0.2) is 0 Å². The number of benzene rings is 1. The van der Waals surface area contributed by atoms with Gasteiger partial charge in [0.05, 0.1) is 5.69 Å². The first-order valence-corrected chi connectivity index (χ1v) is 5.33. The van der Waals surface area contributed by atoms with E-state index in [-0.39, 0.29) is 0 Å². The number of aryl methyl sites for hydroxylation is 1. The van der Waals surface area contributed by atoms with Crippen molar-refractivity contribution in [3.05, 3.63) is 29.8 Å². The van der Waals surface area contributed by atoms with E-state index in [1.54, 1.807) is 0 Å². The number of hydrogen-bond donors (Lipinski definition) is 1. The zero-order chi connectivity index (χ0) is 11.4. The fourth-order valence-electron chi connectivity index (χ4n) is 0.806. The Balaban J connectivity index is 0. The highest BCUT2D eigenvalue weighted by Gasteiger charge is 1.88. The Morgan fingerprint density at radius 3 is 1.71 bits per heavy atom. The number of nitrogens with one attached hydrogen (secondary N) is 1. The van der Waals surface area contributed by atoms with Crippen molar-refractivity contribution in [1.29, 1.82) is 5.53 Å². The summed E-state index contributed by atoms with van der Waals surface area (Å²) in [6.07, 6.45) is 1.04.